The van der Waals surface area contributed by atoms with Crippen LogP contribution in [0.5, 0.6) is 0 Å². The lowest BCUT2D eigenvalue weighted by Gasteiger charge is -2.23. The number of hydrogen-bond donors (Lipinski definition) is 0. The van der Waals surface area contributed by atoms with Gasteiger partial charge in [0.2, 0.25) is 0 Å². The number of hydrogen-bond acceptors (Lipinski definition) is 5. The van der Waals surface area contributed by atoms with Gasteiger partial charge in [-0.3, -0.25) is 9.58 Å². The lowest BCUT2D eigenvalue weighted by molar-refractivity contribution is 0.217. The van der Waals surface area contributed by atoms with Gasteiger partial charge in [0, 0.05) is 30.4 Å². The van der Waals surface area contributed by atoms with E-state index in [4.69, 9.17) is 9.40 Å². The molecule has 6 heteroatoms. The lowest BCUT2D eigenvalue weighted by atomic mass is 10.2. The first-order valence-corrected chi connectivity index (χ1v) is 8.46. The summed E-state index contributed by atoms with van der Waals surface area (Å²) >= 11 is 1.65. The summed E-state index contributed by atoms with van der Waals surface area (Å²) in [4.78, 5) is 7.22. The van der Waals surface area contributed by atoms with Crippen LogP contribution in [0.15, 0.2) is 46.7 Å². The van der Waals surface area contributed by atoms with Crippen molar-refractivity contribution in [1.82, 2.24) is 19.7 Å². The molecule has 22 heavy (non-hydrogen) atoms. The van der Waals surface area contributed by atoms with E-state index in [-0.39, 0.29) is 0 Å². The fourth-order valence-electron chi connectivity index (χ4n) is 3.04. The first kappa shape index (κ1) is 13.7. The Labute approximate surface area is 133 Å². The maximum Gasteiger partial charge on any atom is 0.162 e. The summed E-state index contributed by atoms with van der Waals surface area (Å²) in [5, 5.41) is 7.42. The van der Waals surface area contributed by atoms with Gasteiger partial charge in [-0.15, -0.1) is 11.3 Å². The van der Waals surface area contributed by atoms with Crippen molar-refractivity contribution in [3.8, 4) is 10.8 Å². The Hall–Kier alpha value is -1.92. The van der Waals surface area contributed by atoms with Crippen molar-refractivity contribution in [3.05, 3.63) is 47.9 Å². The third kappa shape index (κ3) is 2.84. The molecule has 1 fully saturated rings. The molecule has 1 atom stereocenters. The van der Waals surface area contributed by atoms with Crippen molar-refractivity contribution in [2.75, 3.05) is 6.54 Å². The van der Waals surface area contributed by atoms with Crippen molar-refractivity contribution >= 4 is 11.3 Å². The van der Waals surface area contributed by atoms with Crippen LogP contribution in [0.4, 0.5) is 0 Å². The van der Waals surface area contributed by atoms with Gasteiger partial charge < -0.3 is 4.42 Å². The molecule has 0 N–H and O–H groups in total. The van der Waals surface area contributed by atoms with Gasteiger partial charge in [0.05, 0.1) is 18.5 Å². The van der Waals surface area contributed by atoms with E-state index in [9.17, 15) is 0 Å². The van der Waals surface area contributed by atoms with Crippen molar-refractivity contribution in [3.63, 3.8) is 0 Å². The molecule has 5 nitrogen and oxygen atoms in total. The Morgan fingerprint density at radius 1 is 1.36 bits per heavy atom. The minimum absolute atomic E-state index is 0.550. The summed E-state index contributed by atoms with van der Waals surface area (Å²) < 4.78 is 7.44. The smallest absolute Gasteiger partial charge is 0.162 e. The molecule has 3 aromatic heterocycles. The summed E-state index contributed by atoms with van der Waals surface area (Å²) in [6.07, 6.45) is 8.05. The molecule has 0 bridgehead atoms. The van der Waals surface area contributed by atoms with Crippen LogP contribution in [0.25, 0.3) is 10.8 Å². The van der Waals surface area contributed by atoms with Crippen LogP contribution < -0.4 is 0 Å². The van der Waals surface area contributed by atoms with Crippen LogP contribution in [-0.4, -0.2) is 32.3 Å². The fourth-order valence-corrected chi connectivity index (χ4v) is 3.81. The second-order valence-corrected chi connectivity index (χ2v) is 6.47. The van der Waals surface area contributed by atoms with E-state index in [0.29, 0.717) is 6.04 Å². The molecule has 3 aromatic rings. The molecular weight excluding hydrogens is 296 g/mol. The first-order valence-electron chi connectivity index (χ1n) is 7.58. The van der Waals surface area contributed by atoms with E-state index in [1.54, 1.807) is 17.6 Å². The van der Waals surface area contributed by atoms with Crippen molar-refractivity contribution in [2.24, 2.45) is 0 Å². The average molecular weight is 314 g/mol. The molecule has 0 aliphatic carbocycles. The quantitative estimate of drug-likeness (QED) is 0.725. The van der Waals surface area contributed by atoms with E-state index in [0.717, 1.165) is 36.1 Å². The number of aromatic nitrogens is 3. The molecule has 1 aliphatic rings. The molecule has 114 valence electrons. The molecule has 4 rings (SSSR count). The molecule has 0 radical (unpaired) electrons. The third-order valence-electron chi connectivity index (χ3n) is 4.10. The number of rotatable bonds is 5. The van der Waals surface area contributed by atoms with Crippen LogP contribution in [0.3, 0.4) is 0 Å². The van der Waals surface area contributed by atoms with Gasteiger partial charge in [-0.1, -0.05) is 0 Å². The topological polar surface area (TPSA) is 47.1 Å². The third-order valence-corrected chi connectivity index (χ3v) is 5.01. The van der Waals surface area contributed by atoms with Gasteiger partial charge >= 0.3 is 0 Å². The van der Waals surface area contributed by atoms with E-state index < -0.39 is 0 Å². The van der Waals surface area contributed by atoms with Gasteiger partial charge in [0.15, 0.2) is 10.8 Å². The van der Waals surface area contributed by atoms with Crippen molar-refractivity contribution in [2.45, 2.75) is 32.0 Å². The number of furan rings is 1. The maximum atomic E-state index is 5.42. The number of likely N-dealkylation sites (tertiary alicyclic amines) is 1. The second-order valence-electron chi connectivity index (χ2n) is 5.62. The standard InChI is InChI=1S/C16H18N4OS/c1-4-14(11-20-8-3-6-17-20)19(7-1)10-13-12-22-16(18-13)15-5-2-9-21-15/h2-3,5-6,8-9,12,14H,1,4,7,10-11H2. The molecule has 4 heterocycles. The number of nitrogens with zero attached hydrogens (tertiary/aromatic N) is 4. The summed E-state index contributed by atoms with van der Waals surface area (Å²) in [5.74, 6) is 0.853. The van der Waals surface area contributed by atoms with Crippen molar-refractivity contribution in [1.29, 1.82) is 0 Å². The molecular formula is C16H18N4OS. The highest BCUT2D eigenvalue weighted by atomic mass is 32.1. The van der Waals surface area contributed by atoms with Crippen LogP contribution in [-0.2, 0) is 13.1 Å². The molecule has 1 aliphatic heterocycles. The zero-order valence-electron chi connectivity index (χ0n) is 12.3. The normalized spacial score (nSPS) is 19.0. The molecule has 0 amide bonds. The number of thiazole rings is 1. The van der Waals surface area contributed by atoms with E-state index in [2.05, 4.69) is 15.4 Å². The largest absolute Gasteiger partial charge is 0.462 e. The minimum Gasteiger partial charge on any atom is -0.462 e. The van der Waals surface area contributed by atoms with Gasteiger partial charge in [0.1, 0.15) is 0 Å². The van der Waals surface area contributed by atoms with Crippen LogP contribution in [0.1, 0.15) is 18.5 Å². The molecule has 0 spiro atoms. The zero-order valence-corrected chi connectivity index (χ0v) is 13.1. The molecule has 0 aromatic carbocycles. The summed E-state index contributed by atoms with van der Waals surface area (Å²) in [5.41, 5.74) is 1.13. The average Bonchev–Trinajstić information content (AvgIpc) is 3.28. The van der Waals surface area contributed by atoms with Gasteiger partial charge in [0.25, 0.3) is 0 Å². The predicted octanol–water partition coefficient (Wildman–Crippen LogP) is 3.26. The van der Waals surface area contributed by atoms with E-state index in [1.165, 1.54) is 12.8 Å². The Kier molecular flexibility index (Phi) is 3.78. The Bertz CT molecular complexity index is 704. The van der Waals surface area contributed by atoms with E-state index >= 15 is 0 Å². The van der Waals surface area contributed by atoms with Crippen LogP contribution in [0.2, 0.25) is 0 Å². The Balaban J connectivity index is 1.44. The molecule has 1 unspecified atom stereocenters. The monoisotopic (exact) mass is 314 g/mol. The maximum absolute atomic E-state index is 5.42. The molecule has 1 saturated heterocycles. The fraction of sp³-hybridized carbons (Fsp3) is 0.375. The van der Waals surface area contributed by atoms with E-state index in [1.807, 2.05) is 35.3 Å². The van der Waals surface area contributed by atoms with Gasteiger partial charge in [-0.25, -0.2) is 4.98 Å². The van der Waals surface area contributed by atoms with Crippen LogP contribution >= 0.6 is 11.3 Å². The summed E-state index contributed by atoms with van der Waals surface area (Å²) in [7, 11) is 0. The minimum atomic E-state index is 0.550. The lowest BCUT2D eigenvalue weighted by Crippen LogP contribution is -2.32. The highest BCUT2D eigenvalue weighted by Crippen LogP contribution is 2.26. The summed E-state index contributed by atoms with van der Waals surface area (Å²) in [6.45, 7) is 3.00. The Morgan fingerprint density at radius 2 is 2.36 bits per heavy atom. The zero-order chi connectivity index (χ0) is 14.8. The van der Waals surface area contributed by atoms with Gasteiger partial charge in [-0.05, 0) is 37.6 Å². The second kappa shape index (κ2) is 6.06. The summed E-state index contributed by atoms with van der Waals surface area (Å²) in [6, 6.07) is 6.39. The SMILES string of the molecule is c1coc(-c2nc(CN3CCCC3Cn3cccn3)cs2)c1. The van der Waals surface area contributed by atoms with Gasteiger partial charge in [-0.2, -0.15) is 5.10 Å². The predicted molar refractivity (Wildman–Crippen MR) is 85.5 cm³/mol. The first-order chi connectivity index (χ1) is 10.9. The highest BCUT2D eigenvalue weighted by molar-refractivity contribution is 7.13. The van der Waals surface area contributed by atoms with Crippen LogP contribution in [0, 0.1) is 0 Å². The Morgan fingerprint density at radius 3 is 3.18 bits per heavy atom. The van der Waals surface area contributed by atoms with Crippen molar-refractivity contribution < 1.29 is 4.42 Å². The highest BCUT2D eigenvalue weighted by Gasteiger charge is 2.25. The molecule has 0 saturated carbocycles.